The molecule has 0 aromatic heterocycles. The molecule has 2 aliphatic heterocycles. The van der Waals surface area contributed by atoms with Crippen molar-refractivity contribution in [3.63, 3.8) is 0 Å². The van der Waals surface area contributed by atoms with Crippen LogP contribution in [0.25, 0.3) is 5.57 Å². The van der Waals surface area contributed by atoms with Gasteiger partial charge in [-0.2, -0.15) is 0 Å². The Morgan fingerprint density at radius 1 is 1.10 bits per heavy atom. The van der Waals surface area contributed by atoms with E-state index in [1.165, 1.54) is 63.0 Å². The van der Waals surface area contributed by atoms with Crippen molar-refractivity contribution in [2.45, 2.75) is 44.1 Å². The fourth-order valence-corrected chi connectivity index (χ4v) is 4.70. The summed E-state index contributed by atoms with van der Waals surface area (Å²) in [6.07, 6.45) is 7.82. The molecule has 0 amide bonds. The molecule has 112 valence electrons. The third-order valence-electron chi connectivity index (χ3n) is 5.90. The summed E-state index contributed by atoms with van der Waals surface area (Å²) in [7, 11) is 0. The van der Waals surface area contributed by atoms with Crippen LogP contribution in [-0.4, -0.2) is 37.1 Å². The maximum Gasteiger partial charge on any atom is 0.0168 e. The van der Waals surface area contributed by atoms with Crippen LogP contribution < -0.4 is 5.32 Å². The molecule has 2 saturated heterocycles. The van der Waals surface area contributed by atoms with Crippen LogP contribution in [0, 0.1) is 0 Å². The van der Waals surface area contributed by atoms with E-state index in [0.29, 0.717) is 5.41 Å². The minimum atomic E-state index is 0.337. The minimum absolute atomic E-state index is 0.337. The molecule has 2 heteroatoms. The number of nitrogens with one attached hydrogen (secondary N) is 1. The van der Waals surface area contributed by atoms with Crippen LogP contribution in [0.1, 0.15) is 43.7 Å². The second-order valence-corrected chi connectivity index (χ2v) is 7.05. The van der Waals surface area contributed by atoms with Crippen LogP contribution in [0.3, 0.4) is 0 Å². The van der Waals surface area contributed by atoms with E-state index < -0.39 is 0 Å². The zero-order chi connectivity index (χ0) is 14.3. The number of hydrogen-bond acceptors (Lipinski definition) is 2. The average Bonchev–Trinajstić information content (AvgIpc) is 2.82. The Morgan fingerprint density at radius 2 is 1.81 bits per heavy atom. The zero-order valence-electron chi connectivity index (χ0n) is 13.1. The van der Waals surface area contributed by atoms with E-state index in [-0.39, 0.29) is 0 Å². The van der Waals surface area contributed by atoms with Crippen LogP contribution in [0.4, 0.5) is 0 Å². The van der Waals surface area contributed by atoms with Gasteiger partial charge in [0.1, 0.15) is 0 Å². The van der Waals surface area contributed by atoms with Gasteiger partial charge in [0.2, 0.25) is 0 Å². The van der Waals surface area contributed by atoms with Gasteiger partial charge in [-0.1, -0.05) is 30.3 Å². The monoisotopic (exact) mass is 282 g/mol. The summed E-state index contributed by atoms with van der Waals surface area (Å²) in [6.45, 7) is 7.22. The number of piperidine rings is 2. The molecule has 1 N–H and O–H groups in total. The molecule has 1 aromatic carbocycles. The van der Waals surface area contributed by atoms with Gasteiger partial charge >= 0.3 is 0 Å². The van der Waals surface area contributed by atoms with Crippen LogP contribution in [0.2, 0.25) is 0 Å². The van der Waals surface area contributed by atoms with Crippen molar-refractivity contribution in [2.24, 2.45) is 0 Å². The maximum absolute atomic E-state index is 3.49. The van der Waals surface area contributed by atoms with Crippen molar-refractivity contribution < 1.29 is 0 Å². The number of hydrogen-bond donors (Lipinski definition) is 1. The molecule has 2 heterocycles. The van der Waals surface area contributed by atoms with Crippen molar-refractivity contribution in [3.05, 3.63) is 41.5 Å². The lowest BCUT2D eigenvalue weighted by molar-refractivity contribution is 0.111. The van der Waals surface area contributed by atoms with E-state index in [2.05, 4.69) is 47.5 Å². The number of rotatable bonds is 1. The summed E-state index contributed by atoms with van der Waals surface area (Å²) in [5.74, 6) is 0. The molecule has 0 saturated carbocycles. The van der Waals surface area contributed by atoms with Crippen molar-refractivity contribution in [3.8, 4) is 0 Å². The number of fused-ring (bicyclic) bond motifs is 2. The minimum Gasteiger partial charge on any atom is -0.317 e. The predicted molar refractivity (Wildman–Crippen MR) is 88.5 cm³/mol. The van der Waals surface area contributed by atoms with E-state index in [1.807, 2.05) is 0 Å². The molecule has 1 aromatic rings. The van der Waals surface area contributed by atoms with Gasteiger partial charge in [-0.15, -0.1) is 0 Å². The van der Waals surface area contributed by atoms with Crippen LogP contribution in [0.15, 0.2) is 30.3 Å². The molecular weight excluding hydrogens is 256 g/mol. The molecule has 2 nitrogen and oxygen atoms in total. The first-order valence-electron chi connectivity index (χ1n) is 8.53. The second kappa shape index (κ2) is 5.26. The smallest absolute Gasteiger partial charge is 0.0168 e. The Morgan fingerprint density at radius 3 is 2.57 bits per heavy atom. The molecule has 21 heavy (non-hydrogen) atoms. The maximum atomic E-state index is 3.49. The summed E-state index contributed by atoms with van der Waals surface area (Å²) >= 11 is 0. The fourth-order valence-electron chi connectivity index (χ4n) is 4.70. The molecule has 4 rings (SSSR count). The molecule has 3 aliphatic rings. The zero-order valence-corrected chi connectivity index (χ0v) is 13.1. The first-order valence-corrected chi connectivity index (χ1v) is 8.53. The predicted octanol–water partition coefficient (Wildman–Crippen LogP) is 3.19. The van der Waals surface area contributed by atoms with Crippen LogP contribution >= 0.6 is 0 Å². The number of benzene rings is 1. The SMILES string of the molecule is CC1=CC2(CCN(C3CCNCC3)CC2)c2ccccc21. The quantitative estimate of drug-likeness (QED) is 0.851. The van der Waals surface area contributed by atoms with Gasteiger partial charge < -0.3 is 10.2 Å². The van der Waals surface area contributed by atoms with Crippen molar-refractivity contribution >= 4 is 5.57 Å². The van der Waals surface area contributed by atoms with E-state index in [1.54, 1.807) is 5.56 Å². The lowest BCUT2D eigenvalue weighted by Gasteiger charge is -2.43. The van der Waals surface area contributed by atoms with Crippen molar-refractivity contribution in [1.29, 1.82) is 0 Å². The first kappa shape index (κ1) is 13.5. The van der Waals surface area contributed by atoms with E-state index in [0.717, 1.165) is 6.04 Å². The van der Waals surface area contributed by atoms with E-state index in [4.69, 9.17) is 0 Å². The van der Waals surface area contributed by atoms with Gasteiger partial charge in [0, 0.05) is 11.5 Å². The highest BCUT2D eigenvalue weighted by Gasteiger charge is 2.40. The van der Waals surface area contributed by atoms with E-state index >= 15 is 0 Å². The molecule has 0 bridgehead atoms. The summed E-state index contributed by atoms with van der Waals surface area (Å²) < 4.78 is 0. The van der Waals surface area contributed by atoms with Gasteiger partial charge in [0.15, 0.2) is 0 Å². The highest BCUT2D eigenvalue weighted by Crippen LogP contribution is 2.47. The van der Waals surface area contributed by atoms with Crippen molar-refractivity contribution in [2.75, 3.05) is 26.2 Å². The van der Waals surface area contributed by atoms with Gasteiger partial charge in [0.05, 0.1) is 0 Å². The first-order chi connectivity index (χ1) is 10.3. The topological polar surface area (TPSA) is 15.3 Å². The molecule has 1 spiro atoms. The average molecular weight is 282 g/mol. The lowest BCUT2D eigenvalue weighted by atomic mass is 9.74. The van der Waals surface area contributed by atoms with Crippen molar-refractivity contribution in [1.82, 2.24) is 10.2 Å². The highest BCUT2D eigenvalue weighted by atomic mass is 15.2. The second-order valence-electron chi connectivity index (χ2n) is 7.05. The Kier molecular flexibility index (Phi) is 3.39. The van der Waals surface area contributed by atoms with Gasteiger partial charge in [-0.25, -0.2) is 0 Å². The van der Waals surface area contributed by atoms with Crippen LogP contribution in [-0.2, 0) is 5.41 Å². The standard InChI is InChI=1S/C19H26N2/c1-15-14-19(18-5-3-2-4-17(15)18)8-12-21(13-9-19)16-6-10-20-11-7-16/h2-5,14,16,20H,6-13H2,1H3. The summed E-state index contributed by atoms with van der Waals surface area (Å²) in [5, 5.41) is 3.49. The number of allylic oxidation sites excluding steroid dienone is 2. The molecular formula is C19H26N2. The lowest BCUT2D eigenvalue weighted by Crippen LogP contribution is -2.49. The number of likely N-dealkylation sites (tertiary alicyclic amines) is 1. The third kappa shape index (κ3) is 2.25. The van der Waals surface area contributed by atoms with Crippen LogP contribution in [0.5, 0.6) is 0 Å². The normalized spacial score (nSPS) is 25.9. The van der Waals surface area contributed by atoms with Gasteiger partial charge in [-0.05, 0) is 75.5 Å². The summed E-state index contributed by atoms with van der Waals surface area (Å²) in [6, 6.07) is 9.88. The number of nitrogens with zero attached hydrogens (tertiary/aromatic N) is 1. The summed E-state index contributed by atoms with van der Waals surface area (Å²) in [5.41, 5.74) is 4.91. The van der Waals surface area contributed by atoms with Gasteiger partial charge in [-0.3, -0.25) is 0 Å². The fraction of sp³-hybridized carbons (Fsp3) is 0.579. The molecule has 1 aliphatic carbocycles. The largest absolute Gasteiger partial charge is 0.317 e. The van der Waals surface area contributed by atoms with E-state index in [9.17, 15) is 0 Å². The highest BCUT2D eigenvalue weighted by molar-refractivity contribution is 5.75. The molecule has 0 radical (unpaired) electrons. The molecule has 0 unspecified atom stereocenters. The molecule has 2 fully saturated rings. The van der Waals surface area contributed by atoms with Gasteiger partial charge in [0.25, 0.3) is 0 Å². The third-order valence-corrected chi connectivity index (χ3v) is 5.90. The molecule has 0 atom stereocenters. The Hall–Kier alpha value is -1.12. The Labute approximate surface area is 128 Å². The summed E-state index contributed by atoms with van der Waals surface area (Å²) in [4.78, 5) is 2.76. The Balaban J connectivity index is 1.52. The Bertz CT molecular complexity index is 546.